The molecule has 2 aliphatic heterocycles. The Hall–Kier alpha value is -2.97. The molecule has 1 N–H and O–H groups in total. The highest BCUT2D eigenvalue weighted by Crippen LogP contribution is 2.26. The summed E-state index contributed by atoms with van der Waals surface area (Å²) < 4.78 is 21.1. The van der Waals surface area contributed by atoms with E-state index in [1.807, 2.05) is 23.1 Å². The molecule has 33 heavy (non-hydrogen) atoms. The van der Waals surface area contributed by atoms with Crippen LogP contribution in [0.2, 0.25) is 0 Å². The van der Waals surface area contributed by atoms with E-state index in [2.05, 4.69) is 34.2 Å². The molecule has 3 aromatic rings. The van der Waals surface area contributed by atoms with Crippen molar-refractivity contribution in [1.29, 1.82) is 0 Å². The van der Waals surface area contributed by atoms with Crippen LogP contribution < -0.4 is 15.0 Å². The van der Waals surface area contributed by atoms with Crippen LogP contribution in [-0.4, -0.2) is 64.5 Å². The van der Waals surface area contributed by atoms with Gasteiger partial charge in [-0.1, -0.05) is 0 Å². The number of benzene rings is 1. The van der Waals surface area contributed by atoms with Crippen LogP contribution >= 0.6 is 0 Å². The summed E-state index contributed by atoms with van der Waals surface area (Å²) in [4.78, 5) is 9.45. The van der Waals surface area contributed by atoms with Crippen molar-refractivity contribution in [2.75, 3.05) is 37.6 Å². The SMILES string of the molecule is C[C@H]1CN(Cc2ccn(-c3cccnc3N3CCC(Oc4ccc(F)cc4)CC3)n2)CCN1. The third-order valence-electron chi connectivity index (χ3n) is 6.35. The van der Waals surface area contributed by atoms with Crippen molar-refractivity contribution in [2.45, 2.75) is 38.5 Å². The van der Waals surface area contributed by atoms with E-state index in [1.165, 1.54) is 12.1 Å². The zero-order valence-electron chi connectivity index (χ0n) is 19.0. The molecule has 7 nitrogen and oxygen atoms in total. The summed E-state index contributed by atoms with van der Waals surface area (Å²) >= 11 is 0. The van der Waals surface area contributed by atoms with Crippen LogP contribution in [0.5, 0.6) is 5.75 Å². The molecule has 1 atom stereocenters. The summed E-state index contributed by atoms with van der Waals surface area (Å²) in [5, 5.41) is 8.35. The van der Waals surface area contributed by atoms with Gasteiger partial charge in [0.05, 0.1) is 5.69 Å². The topological polar surface area (TPSA) is 58.5 Å². The minimum Gasteiger partial charge on any atom is -0.490 e. The molecule has 2 saturated heterocycles. The van der Waals surface area contributed by atoms with E-state index in [0.717, 1.165) is 75.1 Å². The van der Waals surface area contributed by atoms with Crippen molar-refractivity contribution in [3.63, 3.8) is 0 Å². The fourth-order valence-corrected chi connectivity index (χ4v) is 4.67. The Kier molecular flexibility index (Phi) is 6.55. The smallest absolute Gasteiger partial charge is 0.154 e. The molecule has 0 radical (unpaired) electrons. The maximum absolute atomic E-state index is 13.1. The minimum atomic E-state index is -0.246. The third kappa shape index (κ3) is 5.34. The molecule has 4 heterocycles. The fraction of sp³-hybridized carbons (Fsp3) is 0.440. The van der Waals surface area contributed by atoms with E-state index in [1.54, 1.807) is 12.1 Å². The molecule has 2 fully saturated rings. The Morgan fingerprint density at radius 3 is 2.70 bits per heavy atom. The normalized spacial score (nSPS) is 20.2. The lowest BCUT2D eigenvalue weighted by molar-refractivity contribution is 0.170. The molecule has 8 heteroatoms. The zero-order valence-corrected chi connectivity index (χ0v) is 19.0. The molecule has 0 bridgehead atoms. The largest absolute Gasteiger partial charge is 0.490 e. The second-order valence-electron chi connectivity index (χ2n) is 8.95. The van der Waals surface area contributed by atoms with Crippen molar-refractivity contribution in [3.8, 4) is 11.4 Å². The number of halogens is 1. The average Bonchev–Trinajstić information content (AvgIpc) is 3.29. The number of pyridine rings is 1. The van der Waals surface area contributed by atoms with Crippen molar-refractivity contribution in [1.82, 2.24) is 25.0 Å². The predicted octanol–water partition coefficient (Wildman–Crippen LogP) is 3.25. The lowest BCUT2D eigenvalue weighted by atomic mass is 10.1. The van der Waals surface area contributed by atoms with Crippen LogP contribution in [-0.2, 0) is 6.54 Å². The van der Waals surface area contributed by atoms with Gasteiger partial charge in [-0.2, -0.15) is 5.10 Å². The second-order valence-corrected chi connectivity index (χ2v) is 8.95. The van der Waals surface area contributed by atoms with Gasteiger partial charge in [-0.15, -0.1) is 0 Å². The fourth-order valence-electron chi connectivity index (χ4n) is 4.67. The molecular formula is C25H31FN6O. The first-order chi connectivity index (χ1) is 16.1. The molecule has 174 valence electrons. The van der Waals surface area contributed by atoms with Crippen molar-refractivity contribution in [3.05, 3.63) is 66.4 Å². The Labute approximate surface area is 194 Å². The first-order valence-electron chi connectivity index (χ1n) is 11.8. The van der Waals surface area contributed by atoms with Gasteiger partial charge in [-0.05, 0) is 49.4 Å². The number of nitrogens with one attached hydrogen (secondary N) is 1. The summed E-state index contributed by atoms with van der Waals surface area (Å²) in [6.45, 7) is 7.90. The van der Waals surface area contributed by atoms with E-state index in [0.29, 0.717) is 6.04 Å². The van der Waals surface area contributed by atoms with Crippen molar-refractivity contribution >= 4 is 5.82 Å². The monoisotopic (exact) mass is 450 g/mol. The van der Waals surface area contributed by atoms with Gasteiger partial charge in [-0.3, -0.25) is 4.90 Å². The van der Waals surface area contributed by atoms with Gasteiger partial charge in [0, 0.05) is 70.5 Å². The van der Waals surface area contributed by atoms with Gasteiger partial charge >= 0.3 is 0 Å². The summed E-state index contributed by atoms with van der Waals surface area (Å²) in [7, 11) is 0. The van der Waals surface area contributed by atoms with Crippen LogP contribution in [0.1, 0.15) is 25.5 Å². The molecule has 1 aromatic carbocycles. The molecule has 2 aromatic heterocycles. The molecule has 0 amide bonds. The number of rotatable bonds is 6. The van der Waals surface area contributed by atoms with E-state index < -0.39 is 0 Å². The second kappa shape index (κ2) is 9.89. The maximum atomic E-state index is 13.1. The van der Waals surface area contributed by atoms with Crippen LogP contribution in [0.3, 0.4) is 0 Å². The molecule has 0 saturated carbocycles. The Morgan fingerprint density at radius 2 is 1.91 bits per heavy atom. The standard InChI is InChI=1S/C25H31FN6O/c1-19-17-30(16-12-27-19)18-21-8-15-32(29-21)24-3-2-11-28-25(24)31-13-9-23(10-14-31)33-22-6-4-20(26)5-7-22/h2-8,11,15,19,23,27H,9-10,12-14,16-18H2,1H3/t19-/m0/s1. The highest BCUT2D eigenvalue weighted by atomic mass is 19.1. The zero-order chi connectivity index (χ0) is 22.6. The first-order valence-corrected chi connectivity index (χ1v) is 11.8. The lowest BCUT2D eigenvalue weighted by Crippen LogP contribution is -2.48. The Balaban J connectivity index is 1.23. The molecular weight excluding hydrogens is 419 g/mol. The van der Waals surface area contributed by atoms with Crippen LogP contribution in [0.4, 0.5) is 10.2 Å². The average molecular weight is 451 g/mol. The number of piperidine rings is 1. The lowest BCUT2D eigenvalue weighted by Gasteiger charge is -2.33. The van der Waals surface area contributed by atoms with Gasteiger partial charge in [0.1, 0.15) is 23.4 Å². The molecule has 5 rings (SSSR count). The number of anilines is 1. The highest BCUT2D eigenvalue weighted by molar-refractivity contribution is 5.57. The highest BCUT2D eigenvalue weighted by Gasteiger charge is 2.24. The number of ether oxygens (including phenoxy) is 1. The van der Waals surface area contributed by atoms with Crippen LogP contribution in [0.25, 0.3) is 5.69 Å². The summed E-state index contributed by atoms with van der Waals surface area (Å²) in [5.41, 5.74) is 2.07. The predicted molar refractivity (Wildman–Crippen MR) is 126 cm³/mol. The van der Waals surface area contributed by atoms with Gasteiger partial charge in [0.2, 0.25) is 0 Å². The number of piperazine rings is 1. The summed E-state index contributed by atoms with van der Waals surface area (Å²) in [6.07, 6.45) is 5.77. The number of hydrogen-bond donors (Lipinski definition) is 1. The number of nitrogens with zero attached hydrogens (tertiary/aromatic N) is 5. The van der Waals surface area contributed by atoms with Gasteiger partial charge in [-0.25, -0.2) is 14.1 Å². The molecule has 0 unspecified atom stereocenters. The Morgan fingerprint density at radius 1 is 1.09 bits per heavy atom. The molecule has 0 spiro atoms. The molecule has 0 aliphatic carbocycles. The quantitative estimate of drug-likeness (QED) is 0.622. The maximum Gasteiger partial charge on any atom is 0.154 e. The Bertz CT molecular complexity index is 1050. The number of hydrogen-bond acceptors (Lipinski definition) is 6. The van der Waals surface area contributed by atoms with Crippen molar-refractivity contribution < 1.29 is 9.13 Å². The van der Waals surface area contributed by atoms with Crippen LogP contribution in [0, 0.1) is 5.82 Å². The van der Waals surface area contributed by atoms with Gasteiger partial charge in [0.25, 0.3) is 0 Å². The summed E-state index contributed by atoms with van der Waals surface area (Å²) in [5.74, 6) is 1.42. The van der Waals surface area contributed by atoms with Crippen LogP contribution in [0.15, 0.2) is 54.9 Å². The van der Waals surface area contributed by atoms with Crippen molar-refractivity contribution in [2.24, 2.45) is 0 Å². The van der Waals surface area contributed by atoms with E-state index in [4.69, 9.17) is 14.8 Å². The summed E-state index contributed by atoms with van der Waals surface area (Å²) in [6, 6.07) is 12.9. The van der Waals surface area contributed by atoms with E-state index in [9.17, 15) is 4.39 Å². The van der Waals surface area contributed by atoms with Gasteiger partial charge in [0.15, 0.2) is 5.82 Å². The van der Waals surface area contributed by atoms with Gasteiger partial charge < -0.3 is 15.0 Å². The van der Waals surface area contributed by atoms with E-state index in [-0.39, 0.29) is 11.9 Å². The number of aromatic nitrogens is 3. The van der Waals surface area contributed by atoms with E-state index >= 15 is 0 Å². The minimum absolute atomic E-state index is 0.122. The first kappa shape index (κ1) is 21.9. The molecule has 2 aliphatic rings. The third-order valence-corrected chi connectivity index (χ3v) is 6.35.